The first-order chi connectivity index (χ1) is 12.9. The third kappa shape index (κ3) is 5.56. The first-order valence-corrected chi connectivity index (χ1v) is 9.38. The fraction of sp³-hybridized carbons (Fsp3) is 0.562. The zero-order valence-electron chi connectivity index (χ0n) is 16.4. The maximum absolute atomic E-state index is 12.7. The topological polar surface area (TPSA) is 122 Å². The lowest BCUT2D eigenvalue weighted by Crippen LogP contribution is -2.30. The van der Waals surface area contributed by atoms with Crippen LogP contribution >= 0.6 is 0 Å². The maximum atomic E-state index is 12.7. The van der Waals surface area contributed by atoms with Crippen molar-refractivity contribution in [2.24, 2.45) is 0 Å². The van der Waals surface area contributed by atoms with Crippen LogP contribution in [0.5, 0.6) is 5.75 Å². The smallest absolute Gasteiger partial charge is 0.467 e. The molecule has 0 aliphatic rings. The van der Waals surface area contributed by atoms with E-state index in [9.17, 15) is 36.5 Å². The van der Waals surface area contributed by atoms with Crippen LogP contribution in [0.25, 0.3) is 0 Å². The highest BCUT2D eigenvalue weighted by Crippen LogP contribution is 2.42. The number of nitro benzene ring substituents is 1. The van der Waals surface area contributed by atoms with Crippen LogP contribution in [0.15, 0.2) is 6.07 Å². The van der Waals surface area contributed by atoms with E-state index in [1.54, 1.807) is 20.8 Å². The molecule has 0 N–H and O–H groups in total. The minimum absolute atomic E-state index is 0.0762. The summed E-state index contributed by atoms with van der Waals surface area (Å²) in [6, 6.07) is 1.08. The van der Waals surface area contributed by atoms with Crippen LogP contribution in [-0.4, -0.2) is 37.5 Å². The Balaban J connectivity index is 3.76. The van der Waals surface area contributed by atoms with Crippen molar-refractivity contribution >= 4 is 21.8 Å². The number of carbonyl (C=O) groups excluding carboxylic acids is 1. The monoisotopic (exact) mass is 443 g/mol. The number of methoxy groups -OCH3 is 1. The molecule has 0 radical (unpaired) electrons. The molecule has 0 amide bonds. The molecule has 0 heterocycles. The number of nitrogens with zero attached hydrogens (tertiary/aromatic N) is 1. The quantitative estimate of drug-likeness (QED) is 0.215. The first kappa shape index (κ1) is 24.6. The summed E-state index contributed by atoms with van der Waals surface area (Å²) in [5.74, 6) is -2.01. The van der Waals surface area contributed by atoms with E-state index in [1.165, 1.54) is 0 Å². The minimum atomic E-state index is -6.16. The van der Waals surface area contributed by atoms with Gasteiger partial charge in [-0.2, -0.15) is 21.6 Å². The van der Waals surface area contributed by atoms with Crippen LogP contribution in [0.4, 0.5) is 18.9 Å². The summed E-state index contributed by atoms with van der Waals surface area (Å²) in [6.45, 7) is 7.04. The number of aryl methyl sites for hydroxylation is 1. The number of rotatable bonds is 6. The summed E-state index contributed by atoms with van der Waals surface area (Å²) in [7, 11) is -5.10. The summed E-state index contributed by atoms with van der Waals surface area (Å²) >= 11 is 0. The standard InChI is InChI=1S/C16H20F3NO8S/c1-8-7-10(13(14(21)26-6)27-15(3,4)5)9(2)11(20(22)23)12(8)28-29(24,25)16(17,18)19/h7,13H,1-6H3. The summed E-state index contributed by atoms with van der Waals surface area (Å²) < 4.78 is 75.0. The Bertz CT molecular complexity index is 920. The highest BCUT2D eigenvalue weighted by molar-refractivity contribution is 7.88. The summed E-state index contributed by atoms with van der Waals surface area (Å²) in [4.78, 5) is 22.6. The Morgan fingerprint density at radius 3 is 2.10 bits per heavy atom. The number of halogens is 3. The van der Waals surface area contributed by atoms with Crippen LogP contribution < -0.4 is 4.18 Å². The Labute approximate surface area is 165 Å². The van der Waals surface area contributed by atoms with Crippen molar-refractivity contribution in [1.82, 2.24) is 0 Å². The van der Waals surface area contributed by atoms with Gasteiger partial charge >= 0.3 is 27.3 Å². The molecule has 0 aromatic heterocycles. The molecule has 164 valence electrons. The molecular formula is C16H20F3NO8S. The number of alkyl halides is 3. The normalized spacial score (nSPS) is 13.7. The van der Waals surface area contributed by atoms with Gasteiger partial charge in [-0.25, -0.2) is 4.79 Å². The fourth-order valence-electron chi connectivity index (χ4n) is 2.35. The molecule has 1 aromatic carbocycles. The van der Waals surface area contributed by atoms with E-state index in [0.717, 1.165) is 27.0 Å². The van der Waals surface area contributed by atoms with Crippen LogP contribution in [-0.2, 0) is 24.4 Å². The zero-order chi connectivity index (χ0) is 22.9. The van der Waals surface area contributed by atoms with E-state index in [2.05, 4.69) is 8.92 Å². The molecular weight excluding hydrogens is 423 g/mol. The number of ether oxygens (including phenoxy) is 2. The number of hydrogen-bond donors (Lipinski definition) is 0. The van der Waals surface area contributed by atoms with E-state index < -0.39 is 49.7 Å². The number of benzene rings is 1. The van der Waals surface area contributed by atoms with E-state index in [1.807, 2.05) is 0 Å². The number of esters is 1. The molecule has 29 heavy (non-hydrogen) atoms. The Kier molecular flexibility index (Phi) is 6.92. The molecule has 0 saturated heterocycles. The molecule has 1 unspecified atom stereocenters. The summed E-state index contributed by atoms with van der Waals surface area (Å²) in [6.07, 6.45) is -1.45. The van der Waals surface area contributed by atoms with Crippen molar-refractivity contribution in [3.63, 3.8) is 0 Å². The van der Waals surface area contributed by atoms with E-state index in [-0.39, 0.29) is 16.7 Å². The third-order valence-electron chi connectivity index (χ3n) is 3.56. The highest BCUT2D eigenvalue weighted by atomic mass is 32.2. The second-order valence-electron chi connectivity index (χ2n) is 6.96. The van der Waals surface area contributed by atoms with Crippen LogP contribution in [0.3, 0.4) is 0 Å². The van der Waals surface area contributed by atoms with Crippen molar-refractivity contribution in [3.05, 3.63) is 32.9 Å². The van der Waals surface area contributed by atoms with Gasteiger partial charge < -0.3 is 13.7 Å². The van der Waals surface area contributed by atoms with Gasteiger partial charge in [0.1, 0.15) is 0 Å². The van der Waals surface area contributed by atoms with Gasteiger partial charge in [-0.3, -0.25) is 10.1 Å². The Morgan fingerprint density at radius 1 is 1.21 bits per heavy atom. The molecule has 0 saturated carbocycles. The van der Waals surface area contributed by atoms with Gasteiger partial charge in [0.05, 0.1) is 17.6 Å². The van der Waals surface area contributed by atoms with Crippen LogP contribution in [0.1, 0.15) is 43.6 Å². The van der Waals surface area contributed by atoms with Gasteiger partial charge in [0, 0.05) is 16.7 Å². The van der Waals surface area contributed by atoms with Gasteiger partial charge in [-0.05, 0) is 40.7 Å². The molecule has 0 spiro atoms. The van der Waals surface area contributed by atoms with E-state index in [0.29, 0.717) is 0 Å². The molecule has 1 atom stereocenters. The van der Waals surface area contributed by atoms with Crippen LogP contribution in [0, 0.1) is 24.0 Å². The molecule has 1 aromatic rings. The number of nitro groups is 1. The number of carbonyl (C=O) groups is 1. The summed E-state index contributed by atoms with van der Waals surface area (Å²) in [5.41, 5.74) is -8.44. The molecule has 1 rings (SSSR count). The van der Waals surface area contributed by atoms with Gasteiger partial charge in [0.15, 0.2) is 6.10 Å². The molecule has 0 aliphatic heterocycles. The lowest BCUT2D eigenvalue weighted by atomic mass is 9.97. The molecule has 0 aliphatic carbocycles. The molecule has 0 fully saturated rings. The molecule has 13 heteroatoms. The van der Waals surface area contributed by atoms with E-state index in [4.69, 9.17) is 4.74 Å². The SMILES string of the molecule is COC(=O)C(OC(C)(C)C)c1cc(C)c(OS(=O)(=O)C(F)(F)F)c([N+](=O)[O-])c1C. The van der Waals surface area contributed by atoms with Crippen molar-refractivity contribution in [2.75, 3.05) is 7.11 Å². The predicted molar refractivity (Wildman–Crippen MR) is 93.8 cm³/mol. The van der Waals surface area contributed by atoms with Crippen molar-refractivity contribution in [2.45, 2.75) is 51.8 Å². The lowest BCUT2D eigenvalue weighted by molar-refractivity contribution is -0.386. The average molecular weight is 443 g/mol. The molecule has 0 bridgehead atoms. The fourth-order valence-corrected chi connectivity index (χ4v) is 2.88. The third-order valence-corrected chi connectivity index (χ3v) is 4.51. The second kappa shape index (κ2) is 8.14. The van der Waals surface area contributed by atoms with Gasteiger partial charge in [-0.15, -0.1) is 0 Å². The highest BCUT2D eigenvalue weighted by Gasteiger charge is 2.50. The zero-order valence-corrected chi connectivity index (χ0v) is 17.2. The molecule has 9 nitrogen and oxygen atoms in total. The second-order valence-corrected chi connectivity index (χ2v) is 8.50. The maximum Gasteiger partial charge on any atom is 0.534 e. The van der Waals surface area contributed by atoms with Gasteiger partial charge in [-0.1, -0.05) is 0 Å². The number of hydrogen-bond acceptors (Lipinski definition) is 8. The average Bonchev–Trinajstić information content (AvgIpc) is 2.52. The van der Waals surface area contributed by atoms with Crippen molar-refractivity contribution in [3.8, 4) is 5.75 Å². The largest absolute Gasteiger partial charge is 0.534 e. The summed E-state index contributed by atoms with van der Waals surface area (Å²) in [5, 5.41) is 11.5. The van der Waals surface area contributed by atoms with Crippen molar-refractivity contribution in [1.29, 1.82) is 0 Å². The first-order valence-electron chi connectivity index (χ1n) is 7.97. The van der Waals surface area contributed by atoms with Crippen LogP contribution in [0.2, 0.25) is 0 Å². The Morgan fingerprint density at radius 2 is 1.72 bits per heavy atom. The lowest BCUT2D eigenvalue weighted by Gasteiger charge is -2.27. The van der Waals surface area contributed by atoms with Crippen molar-refractivity contribution < 1.29 is 45.0 Å². The van der Waals surface area contributed by atoms with E-state index >= 15 is 0 Å². The minimum Gasteiger partial charge on any atom is -0.467 e. The predicted octanol–water partition coefficient (Wildman–Crippen LogP) is 3.47. The Hall–Kier alpha value is -2.41. The van der Waals surface area contributed by atoms with Gasteiger partial charge in [0.25, 0.3) is 0 Å². The van der Waals surface area contributed by atoms with Gasteiger partial charge in [0.2, 0.25) is 5.75 Å².